The summed E-state index contributed by atoms with van der Waals surface area (Å²) in [6.45, 7) is 4.79. The van der Waals surface area contributed by atoms with Crippen LogP contribution in [0.15, 0.2) is 40.9 Å². The number of hydrogen-bond acceptors (Lipinski definition) is 8. The van der Waals surface area contributed by atoms with Gasteiger partial charge in [0.2, 0.25) is 12.2 Å². The van der Waals surface area contributed by atoms with Crippen LogP contribution < -0.4 is 19.9 Å². The number of anilines is 1. The first-order valence-electron chi connectivity index (χ1n) is 10.6. The number of nitrogens with zero attached hydrogens (tertiary/aromatic N) is 3. The van der Waals surface area contributed by atoms with Crippen molar-refractivity contribution < 1.29 is 28.7 Å². The van der Waals surface area contributed by atoms with Crippen molar-refractivity contribution in [2.75, 3.05) is 18.2 Å². The van der Waals surface area contributed by atoms with Crippen LogP contribution in [0, 0.1) is 0 Å². The largest absolute Gasteiger partial charge is 0.490 e. The smallest absolute Gasteiger partial charge is 0.305 e. The summed E-state index contributed by atoms with van der Waals surface area (Å²) in [7, 11) is 0. The molecule has 0 saturated carbocycles. The molecule has 2 aromatic carbocycles. The molecule has 10 nitrogen and oxygen atoms in total. The van der Waals surface area contributed by atoms with Crippen LogP contribution in [0.3, 0.4) is 0 Å². The van der Waals surface area contributed by atoms with Crippen molar-refractivity contribution in [3.63, 3.8) is 0 Å². The molecule has 1 aliphatic heterocycles. The van der Waals surface area contributed by atoms with Gasteiger partial charge in [-0.25, -0.2) is 0 Å². The molecule has 2 N–H and O–H groups in total. The summed E-state index contributed by atoms with van der Waals surface area (Å²) in [5.41, 5.74) is 5.54. The number of carboxylic acid groups (broad SMARTS) is 1. The molecule has 0 aliphatic carbocycles. The van der Waals surface area contributed by atoms with Crippen LogP contribution in [0.5, 0.6) is 11.5 Å². The van der Waals surface area contributed by atoms with Gasteiger partial charge in [0.25, 0.3) is 5.89 Å². The highest BCUT2D eigenvalue weighted by atomic mass is 16.5. The second-order valence-corrected chi connectivity index (χ2v) is 7.33. The van der Waals surface area contributed by atoms with Gasteiger partial charge in [-0.3, -0.25) is 20.0 Å². The molecule has 0 bridgehead atoms. The van der Waals surface area contributed by atoms with E-state index in [1.54, 1.807) is 23.2 Å². The summed E-state index contributed by atoms with van der Waals surface area (Å²) in [6.07, 6.45) is 0.823. The predicted molar refractivity (Wildman–Crippen MR) is 119 cm³/mol. The fraction of sp³-hybridized carbons (Fsp3) is 0.304. The summed E-state index contributed by atoms with van der Waals surface area (Å²) < 4.78 is 16.8. The van der Waals surface area contributed by atoms with E-state index in [9.17, 15) is 14.7 Å². The maximum Gasteiger partial charge on any atom is 0.305 e. The first kappa shape index (κ1) is 22.1. The molecule has 1 aliphatic rings. The number of carbonyl (C=O) groups is 2. The number of benzene rings is 2. The maximum atomic E-state index is 11.3. The van der Waals surface area contributed by atoms with Gasteiger partial charge in [-0.15, -0.1) is 0 Å². The number of carboxylic acids is 1. The molecule has 1 atom stereocenters. The highest BCUT2D eigenvalue weighted by Gasteiger charge is 2.33. The number of hydrogen-bond donors (Lipinski definition) is 2. The van der Waals surface area contributed by atoms with E-state index in [-0.39, 0.29) is 6.42 Å². The Labute approximate surface area is 190 Å². The lowest BCUT2D eigenvalue weighted by atomic mass is 10.0. The zero-order valence-electron chi connectivity index (χ0n) is 18.3. The number of nitrogens with one attached hydrogen (secondary N) is 1. The van der Waals surface area contributed by atoms with Crippen LogP contribution in [0.4, 0.5) is 5.69 Å². The van der Waals surface area contributed by atoms with Crippen LogP contribution in [0.1, 0.15) is 25.8 Å². The third-order valence-corrected chi connectivity index (χ3v) is 5.28. The van der Waals surface area contributed by atoms with Crippen LogP contribution >= 0.6 is 0 Å². The van der Waals surface area contributed by atoms with E-state index in [4.69, 9.17) is 14.0 Å². The van der Waals surface area contributed by atoms with Crippen molar-refractivity contribution in [3.05, 3.63) is 42.0 Å². The Morgan fingerprint density at radius 1 is 1.24 bits per heavy atom. The molecule has 0 spiro atoms. The lowest BCUT2D eigenvalue weighted by Gasteiger charge is -2.24. The highest BCUT2D eigenvalue weighted by Crippen LogP contribution is 2.39. The van der Waals surface area contributed by atoms with E-state index in [1.165, 1.54) is 0 Å². The van der Waals surface area contributed by atoms with E-state index in [2.05, 4.69) is 15.6 Å². The number of ether oxygens (including phenoxy) is 2. The molecule has 1 amide bonds. The van der Waals surface area contributed by atoms with Crippen molar-refractivity contribution in [3.8, 4) is 34.3 Å². The SMILES string of the molecule is CCOc1ccc(-c2nc(-c3cccc4c3CC(CC(=O)O)N4NC=O)no2)cc1OCC. The minimum absolute atomic E-state index is 0.126. The van der Waals surface area contributed by atoms with E-state index in [1.807, 2.05) is 32.0 Å². The maximum absolute atomic E-state index is 11.3. The number of rotatable bonds is 10. The van der Waals surface area contributed by atoms with Crippen molar-refractivity contribution in [1.82, 2.24) is 15.6 Å². The topological polar surface area (TPSA) is 127 Å². The molecule has 172 valence electrons. The third kappa shape index (κ3) is 4.45. The molecule has 33 heavy (non-hydrogen) atoms. The van der Waals surface area contributed by atoms with Crippen LogP contribution in [-0.4, -0.2) is 46.9 Å². The summed E-state index contributed by atoms with van der Waals surface area (Å²) >= 11 is 0. The van der Waals surface area contributed by atoms with Gasteiger partial charge in [0.05, 0.1) is 31.4 Å². The van der Waals surface area contributed by atoms with Crippen molar-refractivity contribution in [2.45, 2.75) is 32.7 Å². The van der Waals surface area contributed by atoms with Crippen LogP contribution in [0.2, 0.25) is 0 Å². The van der Waals surface area contributed by atoms with Gasteiger partial charge in [0, 0.05) is 11.1 Å². The fourth-order valence-electron chi connectivity index (χ4n) is 3.98. The number of carbonyl (C=O) groups excluding carboxylic acids is 1. The predicted octanol–water partition coefficient (Wildman–Crippen LogP) is 3.07. The van der Waals surface area contributed by atoms with Gasteiger partial charge in [0.1, 0.15) is 0 Å². The van der Waals surface area contributed by atoms with Gasteiger partial charge >= 0.3 is 5.97 Å². The van der Waals surface area contributed by atoms with Crippen molar-refractivity contribution in [2.24, 2.45) is 0 Å². The van der Waals surface area contributed by atoms with Gasteiger partial charge in [0.15, 0.2) is 11.5 Å². The molecule has 10 heteroatoms. The molecule has 0 fully saturated rings. The first-order chi connectivity index (χ1) is 16.0. The van der Waals surface area contributed by atoms with Gasteiger partial charge in [-0.1, -0.05) is 17.3 Å². The average molecular weight is 452 g/mol. The molecule has 0 radical (unpaired) electrons. The van der Waals surface area contributed by atoms with E-state index >= 15 is 0 Å². The third-order valence-electron chi connectivity index (χ3n) is 5.28. The van der Waals surface area contributed by atoms with Crippen molar-refractivity contribution >= 4 is 18.1 Å². The van der Waals surface area contributed by atoms with Crippen LogP contribution in [0.25, 0.3) is 22.8 Å². The van der Waals surface area contributed by atoms with Gasteiger partial charge < -0.3 is 19.1 Å². The number of aromatic nitrogens is 2. The van der Waals surface area contributed by atoms with Gasteiger partial charge in [-0.2, -0.15) is 4.98 Å². The number of fused-ring (bicyclic) bond motifs is 1. The lowest BCUT2D eigenvalue weighted by molar-refractivity contribution is -0.137. The normalized spacial score (nSPS) is 14.6. The summed E-state index contributed by atoms with van der Waals surface area (Å²) in [5, 5.41) is 15.0. The van der Waals surface area contributed by atoms with E-state index in [0.29, 0.717) is 66.1 Å². The number of aliphatic carboxylic acids is 1. The number of amides is 1. The second-order valence-electron chi connectivity index (χ2n) is 7.33. The summed E-state index contributed by atoms with van der Waals surface area (Å²) in [5.74, 6) is 0.958. The second kappa shape index (κ2) is 9.60. The Morgan fingerprint density at radius 3 is 2.76 bits per heavy atom. The molecule has 3 aromatic rings. The highest BCUT2D eigenvalue weighted by molar-refractivity contribution is 5.77. The Bertz CT molecular complexity index is 1160. The average Bonchev–Trinajstić information content (AvgIpc) is 3.41. The fourth-order valence-corrected chi connectivity index (χ4v) is 3.98. The van der Waals surface area contributed by atoms with Crippen molar-refractivity contribution in [1.29, 1.82) is 0 Å². The molecular weight excluding hydrogens is 428 g/mol. The Kier molecular flexibility index (Phi) is 6.43. The molecule has 4 rings (SSSR count). The molecular formula is C23H24N4O6. The van der Waals surface area contributed by atoms with Gasteiger partial charge in [-0.05, 0) is 50.1 Å². The zero-order valence-corrected chi connectivity index (χ0v) is 18.3. The Hall–Kier alpha value is -4.08. The molecule has 1 aromatic heterocycles. The first-order valence-corrected chi connectivity index (χ1v) is 10.6. The number of hydrazine groups is 1. The summed E-state index contributed by atoms with van der Waals surface area (Å²) in [4.78, 5) is 27.0. The lowest BCUT2D eigenvalue weighted by Crippen LogP contribution is -2.43. The molecule has 1 unspecified atom stereocenters. The molecule has 0 saturated heterocycles. The van der Waals surface area contributed by atoms with E-state index in [0.717, 1.165) is 5.56 Å². The monoisotopic (exact) mass is 452 g/mol. The minimum Gasteiger partial charge on any atom is -0.490 e. The van der Waals surface area contributed by atoms with Crippen LogP contribution in [-0.2, 0) is 16.0 Å². The van der Waals surface area contributed by atoms with E-state index < -0.39 is 12.0 Å². The molecule has 2 heterocycles. The quantitative estimate of drug-likeness (QED) is 0.446. The minimum atomic E-state index is -0.950. The standard InChI is InChI=1S/C23H24N4O6/c1-3-31-19-9-8-14(10-20(19)32-4-2)23-25-22(26-33-23)16-6-5-7-18-17(16)11-15(12-21(29)30)27(18)24-13-28/h5-10,13,15H,3-4,11-12H2,1-2H3,(H,24,28)(H,29,30). The summed E-state index contributed by atoms with van der Waals surface area (Å²) in [6, 6.07) is 10.5. The zero-order chi connectivity index (χ0) is 23.4. The Morgan fingerprint density at radius 2 is 2.03 bits per heavy atom. The Balaban J connectivity index is 1.68.